The molecule has 0 radical (unpaired) electrons. The van der Waals surface area contributed by atoms with Crippen molar-refractivity contribution >= 4 is 40.9 Å². The predicted octanol–water partition coefficient (Wildman–Crippen LogP) is 2.37. The molecule has 0 aromatic carbocycles. The molecule has 7 atom stereocenters. The third-order valence-corrected chi connectivity index (χ3v) is 10.0. The molecule has 2 bridgehead atoms. The summed E-state index contributed by atoms with van der Waals surface area (Å²) in [5.41, 5.74) is 0. The van der Waals surface area contributed by atoms with Crippen LogP contribution in [0.15, 0.2) is 32.6 Å². The molecule has 2 aromatic rings. The minimum absolute atomic E-state index is 0.0499. The molecule has 1 saturated heterocycles. The van der Waals surface area contributed by atoms with Gasteiger partial charge in [0.15, 0.2) is 0 Å². The van der Waals surface area contributed by atoms with Crippen molar-refractivity contribution in [2.75, 3.05) is 6.54 Å². The fourth-order valence-corrected chi connectivity index (χ4v) is 9.34. The van der Waals surface area contributed by atoms with E-state index in [4.69, 9.17) is 9.52 Å². The third kappa shape index (κ3) is 2.67. The molecule has 6 rings (SSSR count). The Bertz CT molecular complexity index is 1140. The van der Waals surface area contributed by atoms with Gasteiger partial charge in [0.05, 0.1) is 33.9 Å². The van der Waals surface area contributed by atoms with Crippen molar-refractivity contribution in [1.29, 1.82) is 0 Å². The summed E-state index contributed by atoms with van der Waals surface area (Å²) in [6.07, 6.45) is 2.67. The van der Waals surface area contributed by atoms with Crippen molar-refractivity contribution in [1.82, 2.24) is 9.88 Å². The number of carboxylic acid groups (broad SMARTS) is 1. The number of hydrogen-bond donors (Lipinski definition) is 2. The van der Waals surface area contributed by atoms with Crippen LogP contribution in [-0.2, 0) is 14.4 Å². The Hall–Kier alpha value is -2.33. The number of aromatic nitrogens is 1. The van der Waals surface area contributed by atoms with Crippen LogP contribution in [0.1, 0.15) is 35.8 Å². The molecule has 2 aliphatic carbocycles. The number of H-pyrrole nitrogens is 1. The number of aliphatic carboxylic acids is 1. The Morgan fingerprint density at radius 1 is 1.23 bits per heavy atom. The summed E-state index contributed by atoms with van der Waals surface area (Å²) in [6.45, 7) is 0.168. The highest BCUT2D eigenvalue weighted by molar-refractivity contribution is 8.00. The summed E-state index contributed by atoms with van der Waals surface area (Å²) in [5.74, 6) is -0.965. The second-order valence-corrected chi connectivity index (χ2v) is 11.0. The third-order valence-electron chi connectivity index (χ3n) is 7.44. The zero-order valence-corrected chi connectivity index (χ0v) is 18.0. The maximum Gasteiger partial charge on any atom is 0.305 e. The van der Waals surface area contributed by atoms with Gasteiger partial charge in [-0.3, -0.25) is 24.1 Å². The Morgan fingerprint density at radius 2 is 2.00 bits per heavy atom. The lowest BCUT2D eigenvalue weighted by Gasteiger charge is -2.42. The molecule has 4 aliphatic rings. The van der Waals surface area contributed by atoms with E-state index in [-0.39, 0.29) is 76.8 Å². The number of furan rings is 1. The Balaban J connectivity index is 1.36. The van der Waals surface area contributed by atoms with Crippen LogP contribution in [0, 0.1) is 29.6 Å². The summed E-state index contributed by atoms with van der Waals surface area (Å²) in [4.78, 5) is 54.5. The number of carbonyl (C=O) groups is 3. The summed E-state index contributed by atoms with van der Waals surface area (Å²) < 4.78 is 5.77. The number of rotatable bonds is 5. The normalized spacial score (nSPS) is 35.4. The van der Waals surface area contributed by atoms with Gasteiger partial charge in [0.2, 0.25) is 11.8 Å². The molecular weight excluding hydrogens is 440 g/mol. The number of imide groups is 1. The van der Waals surface area contributed by atoms with Gasteiger partial charge in [-0.2, -0.15) is 0 Å². The van der Waals surface area contributed by atoms with Crippen molar-refractivity contribution in [2.45, 2.75) is 35.5 Å². The Morgan fingerprint density at radius 3 is 2.71 bits per heavy atom. The van der Waals surface area contributed by atoms with Crippen LogP contribution in [0.3, 0.4) is 0 Å². The average molecular weight is 461 g/mol. The van der Waals surface area contributed by atoms with Crippen molar-refractivity contribution in [3.8, 4) is 0 Å². The molecule has 2 aromatic heterocycles. The maximum absolute atomic E-state index is 13.3. The number of aromatic amines is 1. The van der Waals surface area contributed by atoms with Gasteiger partial charge in [-0.15, -0.1) is 11.8 Å². The maximum atomic E-state index is 13.3. The molecule has 2 aliphatic heterocycles. The largest absolute Gasteiger partial charge is 0.481 e. The Labute approximate surface area is 185 Å². The van der Waals surface area contributed by atoms with E-state index < -0.39 is 5.97 Å². The van der Waals surface area contributed by atoms with E-state index in [0.29, 0.717) is 0 Å². The molecule has 0 spiro atoms. The van der Waals surface area contributed by atoms with Gasteiger partial charge >= 0.3 is 10.8 Å². The van der Waals surface area contributed by atoms with E-state index >= 15 is 0 Å². The Kier molecular flexibility index (Phi) is 4.27. The summed E-state index contributed by atoms with van der Waals surface area (Å²) in [6, 6.07) is 3.76. The lowest BCUT2D eigenvalue weighted by molar-refractivity contribution is -0.142. The quantitative estimate of drug-likeness (QED) is 0.657. The van der Waals surface area contributed by atoms with Gasteiger partial charge in [-0.05, 0) is 42.7 Å². The highest BCUT2D eigenvalue weighted by atomic mass is 32.2. The second-order valence-electron chi connectivity index (χ2n) is 8.80. The van der Waals surface area contributed by atoms with E-state index in [9.17, 15) is 19.2 Å². The lowest BCUT2D eigenvalue weighted by Crippen LogP contribution is -2.42. The number of thioether (sulfide) groups is 1. The molecule has 8 nitrogen and oxygen atoms in total. The van der Waals surface area contributed by atoms with Crippen LogP contribution >= 0.6 is 23.1 Å². The van der Waals surface area contributed by atoms with Gasteiger partial charge in [0, 0.05) is 18.2 Å². The number of nitrogens with one attached hydrogen (secondary N) is 1. The summed E-state index contributed by atoms with van der Waals surface area (Å²) >= 11 is 2.85. The highest BCUT2D eigenvalue weighted by Gasteiger charge is 2.69. The molecule has 162 valence electrons. The fraction of sp³-hybridized carbons (Fsp3) is 0.524. The van der Waals surface area contributed by atoms with Crippen molar-refractivity contribution in [2.24, 2.45) is 29.6 Å². The fourth-order valence-electron chi connectivity index (χ4n) is 6.47. The standard InChI is InChI=1S/C21H20N2O6S2/c24-11(25)4-1-5-23-19(26)13-8-7-9(14(13)20(23)27)16-12(8)15(10-3-2-6-29-10)17-18(30-16)22-21(28)31-17/h2-3,6,8-9,12-16H,1,4-5,7H2,(H,22,28)(H,24,25). The van der Waals surface area contributed by atoms with Crippen LogP contribution < -0.4 is 4.87 Å². The first kappa shape index (κ1) is 19.4. The van der Waals surface area contributed by atoms with Crippen molar-refractivity contribution in [3.05, 3.63) is 38.7 Å². The molecule has 7 unspecified atom stereocenters. The van der Waals surface area contributed by atoms with E-state index in [2.05, 4.69) is 4.98 Å². The van der Waals surface area contributed by atoms with Crippen molar-refractivity contribution < 1.29 is 23.9 Å². The number of amides is 2. The number of carbonyl (C=O) groups excluding carboxylic acids is 2. The van der Waals surface area contributed by atoms with Crippen molar-refractivity contribution in [3.63, 3.8) is 0 Å². The zero-order chi connectivity index (χ0) is 21.4. The van der Waals surface area contributed by atoms with E-state index in [1.54, 1.807) is 18.0 Å². The molecular formula is C21H20N2O6S2. The second kappa shape index (κ2) is 6.83. The molecule has 3 fully saturated rings. The number of fused-ring (bicyclic) bond motifs is 9. The SMILES string of the molecule is O=C(O)CCCN1C(=O)C2C3CC(C2C1=O)C1C(c2ccco2)c2sc(=O)[nH]c2SC31. The lowest BCUT2D eigenvalue weighted by atomic mass is 9.69. The average Bonchev–Trinajstić information content (AvgIpc) is 3.51. The minimum Gasteiger partial charge on any atom is -0.481 e. The summed E-state index contributed by atoms with van der Waals surface area (Å²) in [7, 11) is 0. The zero-order valence-electron chi connectivity index (χ0n) is 16.4. The smallest absolute Gasteiger partial charge is 0.305 e. The first-order chi connectivity index (χ1) is 15.0. The summed E-state index contributed by atoms with van der Waals surface area (Å²) in [5, 5.41) is 9.89. The number of hydrogen-bond acceptors (Lipinski definition) is 7. The molecule has 31 heavy (non-hydrogen) atoms. The topological polar surface area (TPSA) is 121 Å². The van der Waals surface area contributed by atoms with Crippen LogP contribution in [0.25, 0.3) is 0 Å². The van der Waals surface area contributed by atoms with Gasteiger partial charge < -0.3 is 14.5 Å². The molecule has 2 amide bonds. The van der Waals surface area contributed by atoms with E-state index in [1.807, 2.05) is 12.1 Å². The van der Waals surface area contributed by atoms with Gasteiger partial charge in [0.25, 0.3) is 0 Å². The van der Waals surface area contributed by atoms with Crippen LogP contribution in [0.2, 0.25) is 0 Å². The van der Waals surface area contributed by atoms with Crippen LogP contribution in [0.4, 0.5) is 0 Å². The monoisotopic (exact) mass is 460 g/mol. The number of nitrogens with zero attached hydrogens (tertiary/aromatic N) is 1. The predicted molar refractivity (Wildman–Crippen MR) is 111 cm³/mol. The first-order valence-corrected chi connectivity index (χ1v) is 12.2. The van der Waals surface area contributed by atoms with E-state index in [1.165, 1.54) is 16.2 Å². The highest BCUT2D eigenvalue weighted by Crippen LogP contribution is 2.68. The van der Waals surface area contributed by atoms with Crippen LogP contribution in [0.5, 0.6) is 0 Å². The van der Waals surface area contributed by atoms with E-state index in [0.717, 1.165) is 22.1 Å². The van der Waals surface area contributed by atoms with Gasteiger partial charge in [-0.1, -0.05) is 11.3 Å². The van der Waals surface area contributed by atoms with Gasteiger partial charge in [0.1, 0.15) is 5.76 Å². The molecule has 2 N–H and O–H groups in total. The number of thiazole rings is 1. The molecule has 2 saturated carbocycles. The van der Waals surface area contributed by atoms with Gasteiger partial charge in [-0.25, -0.2) is 0 Å². The molecule has 4 heterocycles. The first-order valence-electron chi connectivity index (χ1n) is 10.5. The number of carboxylic acids is 1. The minimum atomic E-state index is -0.928. The molecule has 10 heteroatoms. The number of likely N-dealkylation sites (tertiary alicyclic amines) is 1. The van der Waals surface area contributed by atoms with Crippen LogP contribution in [-0.4, -0.2) is 44.6 Å².